The van der Waals surface area contributed by atoms with E-state index >= 15 is 0 Å². The fourth-order valence-corrected chi connectivity index (χ4v) is 22.8. The Morgan fingerprint density at radius 3 is 0.933 bits per heavy atom. The third-order valence-corrected chi connectivity index (χ3v) is 29.2. The number of benzene rings is 23. The number of aromatic nitrogens is 6. The number of fused-ring (bicyclic) bond motifs is 40. The first kappa shape index (κ1) is 75.5. The molecule has 6 heteroatoms. The molecular formula is C128H80N6. The average Bonchev–Trinajstić information content (AvgIpc) is 1.49. The Morgan fingerprint density at radius 1 is 0.164 bits per heavy atom. The highest BCUT2D eigenvalue weighted by molar-refractivity contribution is 6.28. The van der Waals surface area contributed by atoms with Crippen LogP contribution in [-0.2, 0) is 5.41 Å². The van der Waals surface area contributed by atoms with Gasteiger partial charge < -0.3 is 0 Å². The van der Waals surface area contributed by atoms with E-state index in [0.29, 0.717) is 0 Å². The Hall–Kier alpha value is -17.5. The number of hydrogen-bond acceptors (Lipinski definition) is 3. The third kappa shape index (κ3) is 11.5. The molecule has 1 aliphatic carbocycles. The minimum absolute atomic E-state index is 0.0112. The van der Waals surface area contributed by atoms with Crippen LogP contribution in [-0.4, -0.2) is 28.2 Å². The summed E-state index contributed by atoms with van der Waals surface area (Å²) in [6.45, 7) is 4.70. The second-order valence-electron chi connectivity index (χ2n) is 36.8. The van der Waals surface area contributed by atoms with Gasteiger partial charge in [-0.05, 0) is 283 Å². The highest BCUT2D eigenvalue weighted by atomic mass is 15.0. The van der Waals surface area contributed by atoms with Gasteiger partial charge in [-0.25, -0.2) is 15.0 Å². The third-order valence-electron chi connectivity index (χ3n) is 29.2. The molecule has 0 N–H and O–H groups in total. The average molecular weight is 1700 g/mol. The molecule has 29 aromatic rings. The Morgan fingerprint density at radius 2 is 0.470 bits per heavy atom. The predicted octanol–water partition coefficient (Wildman–Crippen LogP) is 34.2. The maximum atomic E-state index is 5.18. The Labute approximate surface area is 770 Å². The second-order valence-corrected chi connectivity index (χ2v) is 36.8. The first-order chi connectivity index (χ1) is 66.2. The smallest absolute Gasteiger partial charge is 0.147 e. The molecule has 0 atom stereocenters. The van der Waals surface area contributed by atoms with Crippen LogP contribution in [0.25, 0.3) is 268 Å². The molecule has 6 heterocycles. The summed E-state index contributed by atoms with van der Waals surface area (Å²) in [5.74, 6) is 0. The van der Waals surface area contributed by atoms with Crippen molar-refractivity contribution in [2.24, 2.45) is 0 Å². The molecule has 0 aliphatic heterocycles. The van der Waals surface area contributed by atoms with E-state index in [1.165, 1.54) is 229 Å². The normalized spacial score (nSPS) is 12.6. The summed E-state index contributed by atoms with van der Waals surface area (Å²) in [4.78, 5) is 15.5. The van der Waals surface area contributed by atoms with Crippen molar-refractivity contribution in [2.75, 3.05) is 0 Å². The van der Waals surface area contributed by atoms with Gasteiger partial charge in [0.05, 0.1) is 49.7 Å². The van der Waals surface area contributed by atoms with Crippen molar-refractivity contribution in [3.05, 3.63) is 460 Å². The summed E-state index contributed by atoms with van der Waals surface area (Å²) in [6, 6.07) is 164. The summed E-state index contributed by atoms with van der Waals surface area (Å²) >= 11 is 0. The first-order valence-electron chi connectivity index (χ1n) is 46.3. The van der Waals surface area contributed by atoms with Crippen molar-refractivity contribution in [1.82, 2.24) is 28.2 Å². The van der Waals surface area contributed by atoms with Gasteiger partial charge in [-0.3, -0.25) is 13.2 Å². The van der Waals surface area contributed by atoms with Crippen LogP contribution in [0.15, 0.2) is 449 Å². The van der Waals surface area contributed by atoms with E-state index in [0.717, 1.165) is 50.0 Å². The van der Waals surface area contributed by atoms with Crippen LogP contribution in [0, 0.1) is 0 Å². The largest absolute Gasteiger partial charge is 0.292 e. The molecule has 6 aromatic heterocycles. The number of hydrogen-bond donors (Lipinski definition) is 0. The van der Waals surface area contributed by atoms with E-state index in [1.54, 1.807) is 0 Å². The van der Waals surface area contributed by atoms with Crippen molar-refractivity contribution >= 4 is 201 Å². The Kier molecular flexibility index (Phi) is 16.5. The molecule has 134 heavy (non-hydrogen) atoms. The van der Waals surface area contributed by atoms with Crippen molar-refractivity contribution in [3.8, 4) is 66.8 Å². The summed E-state index contributed by atoms with van der Waals surface area (Å²) < 4.78 is 7.04. The lowest BCUT2D eigenvalue weighted by Gasteiger charge is -2.22. The SMILES string of the molecule is CC1(C)c2ccccc2-c2ccc(-c3ccc4cc(-c5ccc6c(c5)c5ccc7ccccc7c5c5nc7ccccc7n65)ccc4c3)cc21.c1ccc2c(c1)cc(-c1ccc(-c3ccc4c(c3)c3ccc5ccccc5c3c3nc5ccccc5n43)cc1)c1ccccc12.c1ccc2c(c1)cc(-c1ccc3c(c1)c1ccc4ccccc4c1c1nc4ccccc4n31)c1ccccc12. The molecule has 0 unspecified atom stereocenters. The zero-order chi connectivity index (χ0) is 88.1. The van der Waals surface area contributed by atoms with Gasteiger partial charge in [-0.1, -0.05) is 360 Å². The molecule has 0 saturated carbocycles. The number of rotatable bonds is 5. The minimum atomic E-state index is -0.0112. The van der Waals surface area contributed by atoms with Crippen LogP contribution >= 0.6 is 0 Å². The highest BCUT2D eigenvalue weighted by Gasteiger charge is 2.36. The lowest BCUT2D eigenvalue weighted by atomic mass is 9.81. The summed E-state index contributed by atoms with van der Waals surface area (Å²) in [5, 5.41) is 31.1. The molecule has 23 aromatic carbocycles. The topological polar surface area (TPSA) is 51.9 Å². The number of nitrogens with zero attached hydrogens (tertiary/aromatic N) is 6. The van der Waals surface area contributed by atoms with Crippen LogP contribution in [0.3, 0.4) is 0 Å². The fraction of sp³-hybridized carbons (Fsp3) is 0.0234. The van der Waals surface area contributed by atoms with Gasteiger partial charge in [0.15, 0.2) is 0 Å². The van der Waals surface area contributed by atoms with Crippen LogP contribution in [0.1, 0.15) is 25.0 Å². The number of imidazole rings is 3. The van der Waals surface area contributed by atoms with Gasteiger partial charge in [-0.2, -0.15) is 0 Å². The Balaban J connectivity index is 0.000000101. The van der Waals surface area contributed by atoms with Crippen molar-refractivity contribution < 1.29 is 0 Å². The van der Waals surface area contributed by atoms with Crippen molar-refractivity contribution in [2.45, 2.75) is 19.3 Å². The monoisotopic (exact) mass is 1700 g/mol. The zero-order valence-electron chi connectivity index (χ0n) is 73.4. The van der Waals surface area contributed by atoms with Gasteiger partial charge in [-0.15, -0.1) is 0 Å². The molecule has 1 aliphatic rings. The maximum Gasteiger partial charge on any atom is 0.147 e. The van der Waals surface area contributed by atoms with E-state index in [2.05, 4.69) is 476 Å². The van der Waals surface area contributed by atoms with Crippen LogP contribution < -0.4 is 0 Å². The van der Waals surface area contributed by atoms with Crippen LogP contribution in [0.4, 0.5) is 0 Å². The zero-order valence-corrected chi connectivity index (χ0v) is 73.4. The molecule has 0 fully saturated rings. The molecular weight excluding hydrogens is 1620 g/mol. The van der Waals surface area contributed by atoms with E-state index in [4.69, 9.17) is 15.0 Å². The predicted molar refractivity (Wildman–Crippen MR) is 568 cm³/mol. The Bertz CT molecular complexity index is 10100. The van der Waals surface area contributed by atoms with Crippen molar-refractivity contribution in [3.63, 3.8) is 0 Å². The molecule has 6 nitrogen and oxygen atoms in total. The number of para-hydroxylation sites is 6. The van der Waals surface area contributed by atoms with Gasteiger partial charge in [0.25, 0.3) is 0 Å². The lowest BCUT2D eigenvalue weighted by molar-refractivity contribution is 0.660. The van der Waals surface area contributed by atoms with E-state index < -0.39 is 0 Å². The van der Waals surface area contributed by atoms with Crippen LogP contribution in [0.2, 0.25) is 0 Å². The molecule has 0 amide bonds. The fourth-order valence-electron chi connectivity index (χ4n) is 22.8. The van der Waals surface area contributed by atoms with Crippen molar-refractivity contribution in [1.29, 1.82) is 0 Å². The highest BCUT2D eigenvalue weighted by Crippen LogP contribution is 2.51. The molecule has 0 radical (unpaired) electrons. The van der Waals surface area contributed by atoms with Crippen LogP contribution in [0.5, 0.6) is 0 Å². The standard InChI is InChI=1S/C48H32N2.C43H26N2.C37H22N2/c1-48(2)41-12-6-5-11-37(41)38-22-20-35(28-42(38)48)33-18-16-30-25-32(17-15-31(30)26-33)34-21-24-44-40(27-34)39-23-19-29-9-3-4-10-36(29)46(39)47-49-43-13-7-8-14-45(43)50(44)47;1-4-12-33-28(9-1)21-23-36-38-25-30(22-24-40(38)45-41-16-8-7-15-39(41)44-43(45)42(33)36)27-17-19-29(20-18-27)37-26-31-10-2-3-11-32(31)34-13-5-6-14-35(34)37;1-4-12-27-23(9-1)17-19-30-32-22-25(31-21-24-10-2-3-11-26(24)28-13-5-6-14-29(28)31)18-20-34(32)39-35-16-8-7-15-33(35)38-37(39)36(27)30/h3-28H,1-2H3;1-26H;1-22H. The lowest BCUT2D eigenvalue weighted by Crippen LogP contribution is -2.14. The summed E-state index contributed by atoms with van der Waals surface area (Å²) in [7, 11) is 0. The molecule has 0 spiro atoms. The number of pyridine rings is 3. The maximum absolute atomic E-state index is 5.18. The molecule has 30 rings (SSSR count). The van der Waals surface area contributed by atoms with Gasteiger partial charge in [0, 0.05) is 37.7 Å². The molecule has 0 saturated heterocycles. The summed E-state index contributed by atoms with van der Waals surface area (Å²) in [6.07, 6.45) is 0. The minimum Gasteiger partial charge on any atom is -0.292 e. The first-order valence-corrected chi connectivity index (χ1v) is 46.3. The van der Waals surface area contributed by atoms with Gasteiger partial charge in [0.1, 0.15) is 16.9 Å². The van der Waals surface area contributed by atoms with Gasteiger partial charge >= 0.3 is 0 Å². The molecule has 0 bridgehead atoms. The van der Waals surface area contributed by atoms with Gasteiger partial charge in [0.2, 0.25) is 0 Å². The molecule has 622 valence electrons. The van der Waals surface area contributed by atoms with E-state index in [-0.39, 0.29) is 5.41 Å². The second kappa shape index (κ2) is 29.3. The summed E-state index contributed by atoms with van der Waals surface area (Å²) in [5.41, 5.74) is 30.9. The quantitative estimate of drug-likeness (QED) is 0.161. The van der Waals surface area contributed by atoms with E-state index in [9.17, 15) is 0 Å². The van der Waals surface area contributed by atoms with E-state index in [1.807, 2.05) is 0 Å².